The quantitative estimate of drug-likeness (QED) is 0.107. The first-order valence-electron chi connectivity index (χ1n) is 49.4. The predicted molar refractivity (Wildman–Crippen MR) is 595 cm³/mol. The van der Waals surface area contributed by atoms with Crippen LogP contribution in [0.5, 0.6) is 0 Å². The van der Waals surface area contributed by atoms with E-state index >= 15 is 0 Å². The van der Waals surface area contributed by atoms with Crippen molar-refractivity contribution in [2.24, 2.45) is 0 Å². The number of nitrogens with zero attached hydrogens (tertiary/aromatic N) is 3. The highest BCUT2D eigenvalue weighted by Crippen LogP contribution is 2.67. The van der Waals surface area contributed by atoms with E-state index in [1.807, 2.05) is 11.3 Å². The summed E-state index contributed by atoms with van der Waals surface area (Å²) in [6.07, 6.45) is 0. The largest absolute Gasteiger partial charge is 0.311 e. The summed E-state index contributed by atoms with van der Waals surface area (Å²) in [7, 11) is 0. The number of fused-ring (bicyclic) bond motifs is 24. The molecule has 0 fully saturated rings. The van der Waals surface area contributed by atoms with Gasteiger partial charge < -0.3 is 14.4 Å². The second kappa shape index (κ2) is 33.7. The Hall–Kier alpha value is -17.5. The minimum atomic E-state index is -0.566. The molecule has 2 spiro atoms. The molecule has 142 heavy (non-hydrogen) atoms. The van der Waals surface area contributed by atoms with Crippen LogP contribution in [0, 0.1) is 0 Å². The van der Waals surface area contributed by atoms with Crippen LogP contribution in [0.3, 0.4) is 0 Å². The molecule has 0 saturated heterocycles. The van der Waals surface area contributed by atoms with Crippen molar-refractivity contribution >= 4 is 87.4 Å². The molecule has 0 saturated carbocycles. The molecule has 4 aliphatic carbocycles. The molecule has 0 unspecified atom stereocenters. The number of hydrogen-bond donors (Lipinski definition) is 0. The van der Waals surface area contributed by atoms with E-state index in [9.17, 15) is 0 Å². The van der Waals surface area contributed by atoms with E-state index in [0.29, 0.717) is 0 Å². The molecule has 2 heterocycles. The fourth-order valence-corrected chi connectivity index (χ4v) is 25.9. The van der Waals surface area contributed by atoms with Crippen molar-refractivity contribution in [3.8, 4) is 83.6 Å². The normalized spacial score (nSPS) is 13.6. The maximum Gasteiger partial charge on any atom is 0.0720 e. The molecule has 668 valence electrons. The Kier molecular flexibility index (Phi) is 19.9. The summed E-state index contributed by atoms with van der Waals surface area (Å²) < 4.78 is 5.02. The number of aromatic nitrogens is 1. The van der Waals surface area contributed by atoms with Crippen LogP contribution < -0.4 is 9.80 Å². The Bertz CT molecular complexity index is 8870. The third-order valence-corrected chi connectivity index (χ3v) is 32.3. The zero-order chi connectivity index (χ0) is 94.2. The van der Waals surface area contributed by atoms with E-state index < -0.39 is 16.2 Å². The Balaban J connectivity index is 0.000000142. The second-order valence-electron chi connectivity index (χ2n) is 38.7. The summed E-state index contributed by atoms with van der Waals surface area (Å²) in [5.41, 5.74) is 44.3. The fourth-order valence-electron chi connectivity index (χ4n) is 24.8. The smallest absolute Gasteiger partial charge is 0.0720 e. The maximum absolute atomic E-state index is 2.46. The summed E-state index contributed by atoms with van der Waals surface area (Å²) in [6.45, 7) is 4.77. The average molecular weight is 1830 g/mol. The van der Waals surface area contributed by atoms with Crippen LogP contribution in [0.1, 0.15) is 91.7 Å². The zero-order valence-electron chi connectivity index (χ0n) is 78.6. The van der Waals surface area contributed by atoms with Crippen molar-refractivity contribution in [1.29, 1.82) is 0 Å². The van der Waals surface area contributed by atoms with Crippen LogP contribution in [0.2, 0.25) is 0 Å². The average Bonchev–Trinajstić information content (AvgIpc) is 1.47. The third-order valence-electron chi connectivity index (χ3n) is 31.1. The number of para-hydroxylation sites is 2. The summed E-state index contributed by atoms with van der Waals surface area (Å²) >= 11 is 1.86. The SMILES string of the molecule is CC1(C)c2ccccc2C2(c3ccccc3-c3cc(-c4ccc(N(c5ccc(-c6ccccc6)cc5)c5ccc(-c6ccc7c(c6)c6ccccc6n7-c6ccccc6)cc5)cc4)ccc32)c2ccccc21.c1ccc(-c2ccc(N(c3ccc(-c4ccc5sc6ccccc6c5c4)cc3)c3ccc4c(c3)-c3ccccc3C43c4ccccc4C(c4ccccc4)(c4ccccc4)c4ccccc43)cc2)cc1. The zero-order valence-corrected chi connectivity index (χ0v) is 79.5. The van der Waals surface area contributed by atoms with Gasteiger partial charge in [0.05, 0.1) is 27.3 Å². The maximum atomic E-state index is 2.46. The molecule has 0 bridgehead atoms. The van der Waals surface area contributed by atoms with Gasteiger partial charge >= 0.3 is 0 Å². The summed E-state index contributed by atoms with van der Waals surface area (Å²) in [4.78, 5) is 4.81. The first kappa shape index (κ1) is 83.8. The molecule has 0 aliphatic heterocycles. The van der Waals surface area contributed by atoms with E-state index in [0.717, 1.165) is 34.1 Å². The number of thiophene rings is 1. The van der Waals surface area contributed by atoms with Crippen LogP contribution in [-0.4, -0.2) is 4.57 Å². The van der Waals surface area contributed by atoms with Gasteiger partial charge in [-0.2, -0.15) is 0 Å². The molecule has 0 atom stereocenters. The number of rotatable bonds is 14. The molecule has 0 N–H and O–H groups in total. The molecule has 4 heteroatoms. The van der Waals surface area contributed by atoms with Crippen molar-refractivity contribution < 1.29 is 0 Å². The highest BCUT2D eigenvalue weighted by Gasteiger charge is 2.58. The van der Waals surface area contributed by atoms with Gasteiger partial charge in [0.1, 0.15) is 0 Å². The Morgan fingerprint density at radius 1 is 0.176 bits per heavy atom. The van der Waals surface area contributed by atoms with E-state index in [1.165, 1.54) is 203 Å². The molecule has 22 aromatic carbocycles. The first-order valence-corrected chi connectivity index (χ1v) is 50.2. The topological polar surface area (TPSA) is 11.4 Å². The third kappa shape index (κ3) is 13.0. The molecule has 0 radical (unpaired) electrons. The van der Waals surface area contributed by atoms with E-state index in [1.54, 1.807) is 0 Å². The standard InChI is InChI=1S/C70H50N2.C68H45NS/c1-69(2)63-24-12-14-26-65(63)70(66-27-15-13-25-64(66)69)61-23-11-9-21-57(61)59-45-51(35-43-62(59)70)49-31-39-55(40-32-49)71(54-37-29-48(30-38-54)47-17-5-3-6-18-47)56-41-33-50(34-42-56)52-36-44-68-60(46-52)58-22-10-16-28-67(58)72(68)53-19-7-4-8-20-53;1-4-18-46(19-5-1)47-32-37-52(38-33-47)69(53-39-34-48(35-40-53)49-36-43-66-58(44-49)56-25-11-17-31-65(56)70-66)54-41-42-60-57(45-54)55-24-10-12-26-59(55)68(60)63-29-15-13-27-61(63)67(50-20-6-2-7-21-50,51-22-8-3-9-23-51)62-28-14-16-30-64(62)68/h3-46H,1-2H3;1-45H. The van der Waals surface area contributed by atoms with Crippen molar-refractivity contribution in [1.82, 2.24) is 4.57 Å². The van der Waals surface area contributed by atoms with Crippen LogP contribution >= 0.6 is 11.3 Å². The van der Waals surface area contributed by atoms with Crippen molar-refractivity contribution in [2.45, 2.75) is 35.5 Å². The number of benzene rings is 22. The summed E-state index contributed by atoms with van der Waals surface area (Å²) in [5.74, 6) is 0. The number of hydrogen-bond acceptors (Lipinski definition) is 3. The molecular formula is C138H95N3S. The lowest BCUT2D eigenvalue weighted by Crippen LogP contribution is -2.44. The van der Waals surface area contributed by atoms with Gasteiger partial charge in [0.2, 0.25) is 0 Å². The summed E-state index contributed by atoms with van der Waals surface area (Å²) in [5, 5.41) is 5.13. The van der Waals surface area contributed by atoms with Crippen molar-refractivity contribution in [3.05, 3.63) is 618 Å². The number of anilines is 6. The van der Waals surface area contributed by atoms with Gasteiger partial charge in [-0.25, -0.2) is 0 Å². The van der Waals surface area contributed by atoms with Crippen LogP contribution in [0.4, 0.5) is 34.1 Å². The lowest BCUT2D eigenvalue weighted by molar-refractivity contribution is 0.563. The molecule has 4 aliphatic rings. The fraction of sp³-hybridized carbons (Fsp3) is 0.0435. The molecular weight excluding hydrogens is 1730 g/mol. The van der Waals surface area contributed by atoms with Crippen molar-refractivity contribution in [2.75, 3.05) is 9.80 Å². The molecule has 3 nitrogen and oxygen atoms in total. The first-order chi connectivity index (χ1) is 70.2. The monoisotopic (exact) mass is 1830 g/mol. The minimum Gasteiger partial charge on any atom is -0.311 e. The van der Waals surface area contributed by atoms with E-state index in [4.69, 9.17) is 0 Å². The van der Waals surface area contributed by atoms with Gasteiger partial charge in [0, 0.05) is 76.2 Å². The molecule has 2 aromatic heterocycles. The van der Waals surface area contributed by atoms with Gasteiger partial charge in [-0.3, -0.25) is 0 Å². The predicted octanol–water partition coefficient (Wildman–Crippen LogP) is 36.2. The van der Waals surface area contributed by atoms with Gasteiger partial charge in [0.15, 0.2) is 0 Å². The van der Waals surface area contributed by atoms with Crippen molar-refractivity contribution in [3.63, 3.8) is 0 Å². The van der Waals surface area contributed by atoms with E-state index in [-0.39, 0.29) is 5.41 Å². The lowest BCUT2D eigenvalue weighted by atomic mass is 9.51. The second-order valence-corrected chi connectivity index (χ2v) is 39.8. The Morgan fingerprint density at radius 3 is 0.937 bits per heavy atom. The van der Waals surface area contributed by atoms with Gasteiger partial charge in [-0.15, -0.1) is 11.3 Å². The molecule has 24 aromatic rings. The van der Waals surface area contributed by atoms with E-state index in [2.05, 4.69) is 568 Å². The van der Waals surface area contributed by atoms with Gasteiger partial charge in [-0.1, -0.05) is 426 Å². The molecule has 0 amide bonds. The Labute approximate surface area is 832 Å². The van der Waals surface area contributed by atoms with Gasteiger partial charge in [0.25, 0.3) is 0 Å². The molecule has 28 rings (SSSR count). The lowest BCUT2D eigenvalue weighted by Gasteiger charge is -2.50. The highest BCUT2D eigenvalue weighted by atomic mass is 32.1. The Morgan fingerprint density at radius 2 is 0.465 bits per heavy atom. The highest BCUT2D eigenvalue weighted by molar-refractivity contribution is 7.25. The minimum absolute atomic E-state index is 0.126. The van der Waals surface area contributed by atoms with Crippen LogP contribution in [-0.2, 0) is 21.7 Å². The van der Waals surface area contributed by atoms with Crippen LogP contribution in [0.25, 0.3) is 126 Å². The van der Waals surface area contributed by atoms with Crippen LogP contribution in [0.15, 0.2) is 540 Å². The summed E-state index contributed by atoms with van der Waals surface area (Å²) in [6, 6.07) is 201. The van der Waals surface area contributed by atoms with Gasteiger partial charge in [-0.05, 0) is 283 Å².